The largest absolute Gasteiger partial charge is 0.339 e. The number of hydrogen-bond donors (Lipinski definition) is 2. The first-order chi connectivity index (χ1) is 14.6. The summed E-state index contributed by atoms with van der Waals surface area (Å²) in [6.45, 7) is 1.08. The number of amides is 2. The topological polar surface area (TPSA) is 99.6 Å². The van der Waals surface area contributed by atoms with Crippen molar-refractivity contribution in [3.63, 3.8) is 0 Å². The fourth-order valence-electron chi connectivity index (χ4n) is 3.32. The van der Waals surface area contributed by atoms with Gasteiger partial charge in [-0.15, -0.1) is 0 Å². The number of carbonyl (C=O) groups excluding carboxylic acids is 3. The lowest BCUT2D eigenvalue weighted by Crippen LogP contribution is -2.39. The van der Waals surface area contributed by atoms with Gasteiger partial charge in [0.15, 0.2) is 5.78 Å². The number of piperidine rings is 1. The second-order valence-corrected chi connectivity index (χ2v) is 6.96. The Morgan fingerprint density at radius 1 is 0.933 bits per heavy atom. The molecule has 0 atom stereocenters. The summed E-state index contributed by atoms with van der Waals surface area (Å²) in [5.74, 6) is -0.686. The predicted octanol–water partition coefficient (Wildman–Crippen LogP) is 2.73. The van der Waals surface area contributed by atoms with Crippen molar-refractivity contribution in [2.24, 2.45) is 5.92 Å². The van der Waals surface area contributed by atoms with Gasteiger partial charge in [0, 0.05) is 36.7 Å². The van der Waals surface area contributed by atoms with Gasteiger partial charge < -0.3 is 4.90 Å². The van der Waals surface area contributed by atoms with Crippen molar-refractivity contribution in [1.82, 2.24) is 15.4 Å². The van der Waals surface area contributed by atoms with E-state index < -0.39 is 5.91 Å². The summed E-state index contributed by atoms with van der Waals surface area (Å²) in [5, 5.41) is 8.50. The number of ketones is 1. The van der Waals surface area contributed by atoms with Crippen molar-refractivity contribution >= 4 is 29.7 Å². The molecular weight excluding hydrogens is 382 g/mol. The van der Waals surface area contributed by atoms with Gasteiger partial charge in [0.1, 0.15) is 0 Å². The average Bonchev–Trinajstić information content (AvgIpc) is 2.81. The van der Waals surface area contributed by atoms with Crippen molar-refractivity contribution in [3.05, 3.63) is 77.6 Å². The highest BCUT2D eigenvalue weighted by Gasteiger charge is 2.27. The number of hydrogen-bond acceptors (Lipinski definition) is 5. The van der Waals surface area contributed by atoms with Gasteiger partial charge in [0.05, 0.1) is 11.4 Å². The molecule has 154 valence electrons. The van der Waals surface area contributed by atoms with E-state index in [0.717, 1.165) is 11.6 Å². The van der Waals surface area contributed by atoms with Crippen LogP contribution in [0.15, 0.2) is 60.7 Å². The van der Waals surface area contributed by atoms with Crippen molar-refractivity contribution in [2.45, 2.75) is 12.8 Å². The third kappa shape index (κ3) is 5.71. The maximum Gasteiger partial charge on any atom is 0.267 e. The molecule has 3 rings (SSSR count). The van der Waals surface area contributed by atoms with Crippen LogP contribution in [0.3, 0.4) is 0 Å². The van der Waals surface area contributed by atoms with Crippen LogP contribution >= 0.6 is 0 Å². The van der Waals surface area contributed by atoms with Crippen LogP contribution in [0.25, 0.3) is 12.2 Å². The van der Waals surface area contributed by atoms with Gasteiger partial charge >= 0.3 is 0 Å². The third-order valence-electron chi connectivity index (χ3n) is 4.94. The Morgan fingerprint density at radius 3 is 2.20 bits per heavy atom. The first-order valence-electron chi connectivity index (χ1n) is 9.72. The molecular formula is C23H23N3O4. The Morgan fingerprint density at radius 2 is 1.57 bits per heavy atom. The zero-order valence-corrected chi connectivity index (χ0v) is 16.4. The average molecular weight is 405 g/mol. The van der Waals surface area contributed by atoms with Crippen molar-refractivity contribution in [2.75, 3.05) is 13.1 Å². The molecule has 2 N–H and O–H groups in total. The summed E-state index contributed by atoms with van der Waals surface area (Å²) in [7, 11) is 0. The first kappa shape index (κ1) is 21.1. The molecule has 0 unspecified atom stereocenters. The van der Waals surface area contributed by atoms with E-state index in [2.05, 4.69) is 4.98 Å². The smallest absolute Gasteiger partial charge is 0.267 e. The normalized spacial score (nSPS) is 14.9. The molecule has 0 spiro atoms. The lowest BCUT2D eigenvalue weighted by molar-refractivity contribution is -0.127. The van der Waals surface area contributed by atoms with Gasteiger partial charge in [0.2, 0.25) is 5.91 Å². The molecule has 0 saturated carbocycles. The molecule has 2 heterocycles. The van der Waals surface area contributed by atoms with E-state index >= 15 is 0 Å². The molecule has 1 aromatic heterocycles. The van der Waals surface area contributed by atoms with Crippen molar-refractivity contribution in [1.29, 1.82) is 0 Å². The van der Waals surface area contributed by atoms with Crippen LogP contribution < -0.4 is 5.48 Å². The molecule has 1 fully saturated rings. The van der Waals surface area contributed by atoms with Crippen molar-refractivity contribution < 1.29 is 19.6 Å². The minimum Gasteiger partial charge on any atom is -0.339 e. The number of rotatable bonds is 6. The van der Waals surface area contributed by atoms with E-state index in [-0.39, 0.29) is 17.6 Å². The number of likely N-dealkylation sites (tertiary alicyclic amines) is 1. The fraction of sp³-hybridized carbons (Fsp3) is 0.217. The SMILES string of the molecule is O=C(C=Cc1cccc(C=CC(=O)N2CCC(C(=O)c3ccccc3)CC2)n1)NO. The summed E-state index contributed by atoms with van der Waals surface area (Å²) in [5.41, 5.74) is 3.32. The van der Waals surface area contributed by atoms with Crippen LogP contribution in [0.2, 0.25) is 0 Å². The molecule has 1 aromatic carbocycles. The zero-order chi connectivity index (χ0) is 21.3. The molecule has 2 amide bonds. The molecule has 30 heavy (non-hydrogen) atoms. The molecule has 1 saturated heterocycles. The summed E-state index contributed by atoms with van der Waals surface area (Å²) >= 11 is 0. The van der Waals surface area contributed by atoms with E-state index in [1.165, 1.54) is 17.6 Å². The maximum absolute atomic E-state index is 12.6. The highest BCUT2D eigenvalue weighted by atomic mass is 16.5. The first-order valence-corrected chi connectivity index (χ1v) is 9.72. The fourth-order valence-corrected chi connectivity index (χ4v) is 3.32. The Balaban J connectivity index is 1.54. The zero-order valence-electron chi connectivity index (χ0n) is 16.4. The Kier molecular flexibility index (Phi) is 7.24. The quantitative estimate of drug-likeness (QED) is 0.333. The van der Waals surface area contributed by atoms with Crippen LogP contribution in [0, 0.1) is 5.92 Å². The number of pyridine rings is 1. The van der Waals surface area contributed by atoms with Gasteiger partial charge in [-0.25, -0.2) is 10.5 Å². The molecule has 1 aliphatic heterocycles. The predicted molar refractivity (Wildman–Crippen MR) is 112 cm³/mol. The van der Waals surface area contributed by atoms with E-state index in [1.54, 1.807) is 29.2 Å². The molecule has 0 aliphatic carbocycles. The van der Waals surface area contributed by atoms with E-state index in [9.17, 15) is 14.4 Å². The van der Waals surface area contributed by atoms with Gasteiger partial charge in [-0.3, -0.25) is 19.6 Å². The number of hydroxylamine groups is 1. The summed E-state index contributed by atoms with van der Waals surface area (Å²) < 4.78 is 0. The van der Waals surface area contributed by atoms with Crippen LogP contribution in [0.1, 0.15) is 34.6 Å². The minimum atomic E-state index is -0.651. The minimum absolute atomic E-state index is 0.0540. The standard InChI is InChI=1S/C23H23N3O4/c27-21(25-30)11-9-19-7-4-8-20(24-19)10-12-22(28)26-15-13-18(14-16-26)23(29)17-5-2-1-3-6-17/h1-12,18,30H,13-16H2,(H,25,27). The van der Waals surface area contributed by atoms with Crippen LogP contribution in [-0.4, -0.2) is 45.8 Å². The molecule has 7 heteroatoms. The Hall–Kier alpha value is -3.58. The van der Waals surface area contributed by atoms with E-state index in [1.807, 2.05) is 30.3 Å². The number of aromatic nitrogens is 1. The van der Waals surface area contributed by atoms with Gasteiger partial charge in [-0.05, 0) is 37.1 Å². The molecule has 2 aromatic rings. The highest BCUT2D eigenvalue weighted by molar-refractivity contribution is 5.98. The van der Waals surface area contributed by atoms with Crippen LogP contribution in [0.5, 0.6) is 0 Å². The lowest BCUT2D eigenvalue weighted by atomic mass is 9.89. The maximum atomic E-state index is 12.6. The molecule has 0 radical (unpaired) electrons. The summed E-state index contributed by atoms with van der Waals surface area (Å²) in [6.07, 6.45) is 7.00. The number of Topliss-reactive ketones (excluding diaryl/α,β-unsaturated/α-hetero) is 1. The molecule has 7 nitrogen and oxygen atoms in total. The summed E-state index contributed by atoms with van der Waals surface area (Å²) in [6, 6.07) is 14.5. The Labute approximate surface area is 174 Å². The second kappa shape index (κ2) is 10.3. The second-order valence-electron chi connectivity index (χ2n) is 6.96. The van der Waals surface area contributed by atoms with E-state index in [0.29, 0.717) is 37.3 Å². The van der Waals surface area contributed by atoms with E-state index in [4.69, 9.17) is 5.21 Å². The van der Waals surface area contributed by atoms with Crippen LogP contribution in [-0.2, 0) is 9.59 Å². The number of nitrogens with zero attached hydrogens (tertiary/aromatic N) is 2. The summed E-state index contributed by atoms with van der Waals surface area (Å²) in [4.78, 5) is 42.1. The third-order valence-corrected chi connectivity index (χ3v) is 4.94. The monoisotopic (exact) mass is 405 g/mol. The van der Waals surface area contributed by atoms with Crippen LogP contribution in [0.4, 0.5) is 0 Å². The lowest BCUT2D eigenvalue weighted by Gasteiger charge is -2.30. The Bertz CT molecular complexity index is 961. The number of nitrogens with one attached hydrogen (secondary N) is 1. The van der Waals surface area contributed by atoms with Gasteiger partial charge in [0.25, 0.3) is 5.91 Å². The van der Waals surface area contributed by atoms with Gasteiger partial charge in [-0.2, -0.15) is 0 Å². The van der Waals surface area contributed by atoms with Crippen molar-refractivity contribution in [3.8, 4) is 0 Å². The molecule has 1 aliphatic rings. The molecule has 0 bridgehead atoms. The highest BCUT2D eigenvalue weighted by Crippen LogP contribution is 2.22. The number of benzene rings is 1. The van der Waals surface area contributed by atoms with Gasteiger partial charge in [-0.1, -0.05) is 36.4 Å². The number of carbonyl (C=O) groups is 3.